The molecule has 1 unspecified atom stereocenters. The standard InChI is InChI=1S/C12H13FN2O2/c1-3-7(2)11-14-12(17-15-11)9-6-8(13)4-5-10(9)16/h4-7,16H,3H2,1-2H3. The molecule has 2 aromatic rings. The number of phenolic OH excluding ortho intramolecular Hbond substituents is 1. The van der Waals surface area contributed by atoms with Crippen molar-refractivity contribution in [1.82, 2.24) is 10.1 Å². The van der Waals surface area contributed by atoms with Crippen molar-refractivity contribution in [3.05, 3.63) is 29.8 Å². The van der Waals surface area contributed by atoms with E-state index in [9.17, 15) is 9.50 Å². The van der Waals surface area contributed by atoms with E-state index in [2.05, 4.69) is 10.1 Å². The number of rotatable bonds is 3. The Bertz CT molecular complexity index is 525. The van der Waals surface area contributed by atoms with Gasteiger partial charge in [-0.3, -0.25) is 0 Å². The summed E-state index contributed by atoms with van der Waals surface area (Å²) in [6.07, 6.45) is 0.883. The van der Waals surface area contributed by atoms with Crippen molar-refractivity contribution in [2.24, 2.45) is 0 Å². The minimum atomic E-state index is -0.457. The van der Waals surface area contributed by atoms with Crippen molar-refractivity contribution in [2.45, 2.75) is 26.2 Å². The molecular formula is C12H13FN2O2. The molecule has 0 radical (unpaired) electrons. The molecule has 4 nitrogen and oxygen atoms in total. The average molecular weight is 236 g/mol. The first-order valence-electron chi connectivity index (χ1n) is 5.44. The molecule has 2 rings (SSSR count). The topological polar surface area (TPSA) is 59.2 Å². The highest BCUT2D eigenvalue weighted by atomic mass is 19.1. The predicted molar refractivity (Wildman–Crippen MR) is 60.1 cm³/mol. The van der Waals surface area contributed by atoms with Crippen molar-refractivity contribution in [3.8, 4) is 17.2 Å². The second-order valence-electron chi connectivity index (χ2n) is 3.93. The third-order valence-corrected chi connectivity index (χ3v) is 2.68. The number of benzene rings is 1. The Labute approximate surface area is 98.1 Å². The van der Waals surface area contributed by atoms with Gasteiger partial charge in [-0.2, -0.15) is 4.98 Å². The second kappa shape index (κ2) is 4.53. The number of halogens is 1. The molecule has 5 heteroatoms. The molecule has 90 valence electrons. The summed E-state index contributed by atoms with van der Waals surface area (Å²) >= 11 is 0. The van der Waals surface area contributed by atoms with Gasteiger partial charge in [0.1, 0.15) is 11.6 Å². The number of aromatic nitrogens is 2. The van der Waals surface area contributed by atoms with E-state index in [1.165, 1.54) is 18.2 Å². The molecule has 1 atom stereocenters. The van der Waals surface area contributed by atoms with E-state index >= 15 is 0 Å². The van der Waals surface area contributed by atoms with Crippen LogP contribution in [0, 0.1) is 5.82 Å². The van der Waals surface area contributed by atoms with Gasteiger partial charge in [-0.15, -0.1) is 0 Å². The third-order valence-electron chi connectivity index (χ3n) is 2.68. The van der Waals surface area contributed by atoms with Crippen LogP contribution in [0.1, 0.15) is 32.0 Å². The Hall–Kier alpha value is -1.91. The average Bonchev–Trinajstić information content (AvgIpc) is 2.80. The number of nitrogens with zero attached hydrogens (tertiary/aromatic N) is 2. The van der Waals surface area contributed by atoms with E-state index in [1.807, 2.05) is 13.8 Å². The second-order valence-corrected chi connectivity index (χ2v) is 3.93. The molecule has 0 aliphatic carbocycles. The third kappa shape index (κ3) is 2.27. The maximum atomic E-state index is 13.1. The van der Waals surface area contributed by atoms with E-state index in [0.29, 0.717) is 5.82 Å². The molecule has 0 amide bonds. The van der Waals surface area contributed by atoms with Gasteiger partial charge in [0.25, 0.3) is 5.89 Å². The van der Waals surface area contributed by atoms with Crippen LogP contribution in [0.4, 0.5) is 4.39 Å². The Balaban J connectivity index is 2.40. The van der Waals surface area contributed by atoms with Crippen LogP contribution >= 0.6 is 0 Å². The zero-order valence-electron chi connectivity index (χ0n) is 9.64. The summed E-state index contributed by atoms with van der Waals surface area (Å²) in [5, 5.41) is 13.4. The summed E-state index contributed by atoms with van der Waals surface area (Å²) in [5.74, 6) is 0.332. The maximum absolute atomic E-state index is 13.1. The predicted octanol–water partition coefficient (Wildman–Crippen LogP) is 3.09. The van der Waals surface area contributed by atoms with Crippen molar-refractivity contribution in [3.63, 3.8) is 0 Å². The maximum Gasteiger partial charge on any atom is 0.261 e. The van der Waals surface area contributed by atoms with Gasteiger partial charge in [0.15, 0.2) is 5.82 Å². The van der Waals surface area contributed by atoms with Gasteiger partial charge in [-0.1, -0.05) is 19.0 Å². The van der Waals surface area contributed by atoms with Crippen LogP contribution < -0.4 is 0 Å². The highest BCUT2D eigenvalue weighted by Crippen LogP contribution is 2.29. The van der Waals surface area contributed by atoms with E-state index < -0.39 is 5.82 Å². The fourth-order valence-electron chi connectivity index (χ4n) is 1.41. The first-order chi connectivity index (χ1) is 8.11. The number of hydrogen-bond donors (Lipinski definition) is 1. The van der Waals surface area contributed by atoms with Crippen molar-refractivity contribution >= 4 is 0 Å². The van der Waals surface area contributed by atoms with Crippen molar-refractivity contribution in [1.29, 1.82) is 0 Å². The zero-order chi connectivity index (χ0) is 12.4. The summed E-state index contributed by atoms with van der Waals surface area (Å²) in [4.78, 5) is 4.15. The summed E-state index contributed by atoms with van der Waals surface area (Å²) < 4.78 is 18.1. The molecule has 1 aromatic heterocycles. The lowest BCUT2D eigenvalue weighted by molar-refractivity contribution is 0.411. The molecule has 0 aliphatic heterocycles. The van der Waals surface area contributed by atoms with E-state index in [1.54, 1.807) is 0 Å². The van der Waals surface area contributed by atoms with Crippen LogP contribution in [-0.2, 0) is 0 Å². The highest BCUT2D eigenvalue weighted by molar-refractivity contribution is 5.61. The van der Waals surface area contributed by atoms with Crippen LogP contribution in [0.15, 0.2) is 22.7 Å². The van der Waals surface area contributed by atoms with E-state index in [-0.39, 0.29) is 23.1 Å². The van der Waals surface area contributed by atoms with Gasteiger partial charge >= 0.3 is 0 Å². The normalized spacial score (nSPS) is 12.6. The lowest BCUT2D eigenvalue weighted by Gasteiger charge is -2.00. The van der Waals surface area contributed by atoms with Crippen LogP contribution in [0.3, 0.4) is 0 Å². The SMILES string of the molecule is CCC(C)c1noc(-c2cc(F)ccc2O)n1. The molecule has 1 N–H and O–H groups in total. The van der Waals surface area contributed by atoms with Crippen LogP contribution in [0.2, 0.25) is 0 Å². The minimum absolute atomic E-state index is 0.0780. The number of aromatic hydroxyl groups is 1. The molecule has 17 heavy (non-hydrogen) atoms. The molecule has 0 saturated heterocycles. The van der Waals surface area contributed by atoms with Crippen LogP contribution in [0.25, 0.3) is 11.5 Å². The fourth-order valence-corrected chi connectivity index (χ4v) is 1.41. The molecule has 1 heterocycles. The molecule has 0 saturated carbocycles. The number of phenols is 1. The number of hydrogen-bond acceptors (Lipinski definition) is 4. The first kappa shape index (κ1) is 11.6. The molecule has 1 aromatic carbocycles. The summed E-state index contributed by atoms with van der Waals surface area (Å²) in [6.45, 7) is 3.99. The van der Waals surface area contributed by atoms with Gasteiger partial charge in [0, 0.05) is 5.92 Å². The van der Waals surface area contributed by atoms with Crippen LogP contribution in [0.5, 0.6) is 5.75 Å². The summed E-state index contributed by atoms with van der Waals surface area (Å²) in [7, 11) is 0. The van der Waals surface area contributed by atoms with Gasteiger partial charge in [0.2, 0.25) is 0 Å². The van der Waals surface area contributed by atoms with Gasteiger partial charge < -0.3 is 9.63 Å². The minimum Gasteiger partial charge on any atom is -0.507 e. The highest BCUT2D eigenvalue weighted by Gasteiger charge is 2.16. The Kier molecular flexibility index (Phi) is 3.08. The lowest BCUT2D eigenvalue weighted by atomic mass is 10.1. The Morgan fingerprint density at radius 3 is 2.94 bits per heavy atom. The molecule has 0 bridgehead atoms. The molecule has 0 spiro atoms. The zero-order valence-corrected chi connectivity index (χ0v) is 9.64. The Morgan fingerprint density at radius 1 is 1.47 bits per heavy atom. The van der Waals surface area contributed by atoms with E-state index in [4.69, 9.17) is 4.52 Å². The summed E-state index contributed by atoms with van der Waals surface area (Å²) in [6, 6.07) is 3.60. The monoisotopic (exact) mass is 236 g/mol. The van der Waals surface area contributed by atoms with Crippen LogP contribution in [-0.4, -0.2) is 15.2 Å². The van der Waals surface area contributed by atoms with Gasteiger partial charge in [-0.25, -0.2) is 4.39 Å². The quantitative estimate of drug-likeness (QED) is 0.889. The largest absolute Gasteiger partial charge is 0.507 e. The van der Waals surface area contributed by atoms with Gasteiger partial charge in [-0.05, 0) is 24.6 Å². The summed E-state index contributed by atoms with van der Waals surface area (Å²) in [5.41, 5.74) is 0.215. The van der Waals surface area contributed by atoms with Crippen molar-refractivity contribution in [2.75, 3.05) is 0 Å². The molecular weight excluding hydrogens is 223 g/mol. The molecule has 0 aliphatic rings. The van der Waals surface area contributed by atoms with E-state index in [0.717, 1.165) is 6.42 Å². The lowest BCUT2D eigenvalue weighted by Crippen LogP contribution is -1.93. The van der Waals surface area contributed by atoms with Gasteiger partial charge in [0.05, 0.1) is 5.56 Å². The smallest absolute Gasteiger partial charge is 0.261 e. The molecule has 0 fully saturated rings. The first-order valence-corrected chi connectivity index (χ1v) is 5.44. The van der Waals surface area contributed by atoms with Crippen molar-refractivity contribution < 1.29 is 14.0 Å². The Morgan fingerprint density at radius 2 is 2.24 bits per heavy atom. The fraction of sp³-hybridized carbons (Fsp3) is 0.333.